The van der Waals surface area contributed by atoms with Crippen molar-refractivity contribution in [1.29, 1.82) is 0 Å². The Bertz CT molecular complexity index is 1590. The standard InChI is InChI=1S/C28H25N3O7S/c1-19-14-23(22-7-5-20(6-8-22)17-30-34)15-26(38-28(32)33)27(19)31(18-21-4-3-13-29-16-21)39(35,36)25-11-9-24(37-2)10-12-25/h3-17,34H,18H2,1-2H3,(H,32,33). The van der Waals surface area contributed by atoms with Gasteiger partial charge in [-0.25, -0.2) is 13.2 Å². The molecule has 4 rings (SSSR count). The number of anilines is 1. The molecule has 0 aliphatic carbocycles. The summed E-state index contributed by atoms with van der Waals surface area (Å²) in [5.74, 6) is 0.332. The minimum Gasteiger partial charge on any atom is -0.497 e. The average Bonchev–Trinajstić information content (AvgIpc) is 2.93. The summed E-state index contributed by atoms with van der Waals surface area (Å²) < 4.78 is 39.5. The molecule has 0 radical (unpaired) electrons. The molecule has 0 bridgehead atoms. The predicted molar refractivity (Wildman–Crippen MR) is 145 cm³/mol. The number of carboxylic acid groups (broad SMARTS) is 1. The van der Waals surface area contributed by atoms with Crippen molar-refractivity contribution in [2.75, 3.05) is 11.4 Å². The number of nitrogens with zero attached hydrogens (tertiary/aromatic N) is 3. The molecular formula is C28H25N3O7S. The normalized spacial score (nSPS) is 11.3. The first-order valence-corrected chi connectivity index (χ1v) is 13.1. The first-order valence-electron chi connectivity index (χ1n) is 11.6. The van der Waals surface area contributed by atoms with Crippen LogP contribution in [0.25, 0.3) is 11.1 Å². The number of oxime groups is 1. The highest BCUT2D eigenvalue weighted by Gasteiger charge is 2.30. The summed E-state index contributed by atoms with van der Waals surface area (Å²) in [6, 6.07) is 19.5. The second kappa shape index (κ2) is 11.7. The van der Waals surface area contributed by atoms with Gasteiger partial charge in [-0.1, -0.05) is 35.5 Å². The number of sulfonamides is 1. The van der Waals surface area contributed by atoms with Crippen molar-refractivity contribution in [3.05, 3.63) is 102 Å². The molecule has 0 saturated heterocycles. The van der Waals surface area contributed by atoms with Gasteiger partial charge in [-0.2, -0.15) is 0 Å². The van der Waals surface area contributed by atoms with Gasteiger partial charge in [0.05, 0.1) is 30.5 Å². The summed E-state index contributed by atoms with van der Waals surface area (Å²) in [4.78, 5) is 15.8. The fourth-order valence-corrected chi connectivity index (χ4v) is 5.58. The van der Waals surface area contributed by atoms with Crippen molar-refractivity contribution in [1.82, 2.24) is 4.98 Å². The van der Waals surface area contributed by atoms with Crippen LogP contribution in [0.1, 0.15) is 16.7 Å². The Kier molecular flexibility index (Phi) is 8.11. The lowest BCUT2D eigenvalue weighted by Crippen LogP contribution is -2.32. The Morgan fingerprint density at radius 3 is 2.36 bits per heavy atom. The molecule has 0 fully saturated rings. The maximum atomic E-state index is 14.0. The molecular weight excluding hydrogens is 522 g/mol. The number of carbonyl (C=O) groups is 1. The first kappa shape index (κ1) is 27.1. The molecule has 3 aromatic carbocycles. The fraction of sp³-hybridized carbons (Fsp3) is 0.107. The second-order valence-electron chi connectivity index (χ2n) is 8.42. The molecule has 2 N–H and O–H groups in total. The van der Waals surface area contributed by atoms with E-state index in [1.54, 1.807) is 55.6 Å². The molecule has 0 aliphatic heterocycles. The highest BCUT2D eigenvalue weighted by atomic mass is 32.2. The molecule has 10 nitrogen and oxygen atoms in total. The van der Waals surface area contributed by atoms with Crippen molar-refractivity contribution in [2.24, 2.45) is 5.16 Å². The minimum absolute atomic E-state index is 0.0157. The van der Waals surface area contributed by atoms with Gasteiger partial charge in [-0.05, 0) is 77.2 Å². The van der Waals surface area contributed by atoms with Crippen molar-refractivity contribution in [3.8, 4) is 22.6 Å². The zero-order chi connectivity index (χ0) is 28.0. The van der Waals surface area contributed by atoms with E-state index < -0.39 is 16.2 Å². The van der Waals surface area contributed by atoms with E-state index in [9.17, 15) is 18.3 Å². The Hall–Kier alpha value is -4.90. The van der Waals surface area contributed by atoms with Gasteiger partial charge in [0.1, 0.15) is 5.75 Å². The van der Waals surface area contributed by atoms with Crippen LogP contribution < -0.4 is 13.8 Å². The van der Waals surface area contributed by atoms with Gasteiger partial charge < -0.3 is 19.8 Å². The van der Waals surface area contributed by atoms with Gasteiger partial charge in [0, 0.05) is 12.4 Å². The maximum absolute atomic E-state index is 14.0. The van der Waals surface area contributed by atoms with E-state index >= 15 is 0 Å². The number of hydrogen-bond donors (Lipinski definition) is 2. The molecule has 0 unspecified atom stereocenters. The van der Waals surface area contributed by atoms with Gasteiger partial charge >= 0.3 is 6.16 Å². The van der Waals surface area contributed by atoms with Crippen molar-refractivity contribution in [2.45, 2.75) is 18.4 Å². The summed E-state index contributed by atoms with van der Waals surface area (Å²) >= 11 is 0. The first-order chi connectivity index (χ1) is 18.7. The third-order valence-electron chi connectivity index (χ3n) is 5.86. The number of methoxy groups -OCH3 is 1. The number of benzene rings is 3. The fourth-order valence-electron chi connectivity index (χ4n) is 4.05. The number of hydrogen-bond acceptors (Lipinski definition) is 8. The predicted octanol–water partition coefficient (Wildman–Crippen LogP) is 5.33. The largest absolute Gasteiger partial charge is 0.511 e. The van der Waals surface area contributed by atoms with E-state index in [0.29, 0.717) is 33.6 Å². The van der Waals surface area contributed by atoms with Crippen LogP contribution in [-0.2, 0) is 16.6 Å². The summed E-state index contributed by atoms with van der Waals surface area (Å²) in [5, 5.41) is 21.3. The summed E-state index contributed by atoms with van der Waals surface area (Å²) in [6.45, 7) is 1.55. The molecule has 0 saturated carbocycles. The van der Waals surface area contributed by atoms with E-state index in [2.05, 4.69) is 10.1 Å². The van der Waals surface area contributed by atoms with E-state index in [1.807, 2.05) is 0 Å². The zero-order valence-electron chi connectivity index (χ0n) is 21.1. The second-order valence-corrected chi connectivity index (χ2v) is 10.3. The maximum Gasteiger partial charge on any atom is 0.511 e. The number of ether oxygens (including phenoxy) is 2. The van der Waals surface area contributed by atoms with Crippen LogP contribution in [0.3, 0.4) is 0 Å². The van der Waals surface area contributed by atoms with Crippen LogP contribution >= 0.6 is 0 Å². The van der Waals surface area contributed by atoms with Gasteiger partial charge in [0.2, 0.25) is 0 Å². The van der Waals surface area contributed by atoms with E-state index in [-0.39, 0.29) is 22.9 Å². The van der Waals surface area contributed by atoms with Gasteiger partial charge in [-0.15, -0.1) is 0 Å². The quantitative estimate of drug-likeness (QED) is 0.0943. The van der Waals surface area contributed by atoms with Crippen molar-refractivity contribution in [3.63, 3.8) is 0 Å². The van der Waals surface area contributed by atoms with Crippen molar-refractivity contribution < 1.29 is 33.0 Å². The molecule has 1 aromatic heterocycles. The van der Waals surface area contributed by atoms with Crippen LogP contribution in [0.15, 0.2) is 95.2 Å². The van der Waals surface area contributed by atoms with Crippen LogP contribution in [0.4, 0.5) is 10.5 Å². The van der Waals surface area contributed by atoms with Crippen LogP contribution in [0.2, 0.25) is 0 Å². The summed E-state index contributed by atoms with van der Waals surface area (Å²) in [6.07, 6.45) is 2.79. The molecule has 0 amide bonds. The molecule has 0 aliphatic rings. The smallest absolute Gasteiger partial charge is 0.497 e. The molecule has 0 spiro atoms. The molecule has 39 heavy (non-hydrogen) atoms. The molecule has 11 heteroatoms. The number of aromatic nitrogens is 1. The molecule has 0 atom stereocenters. The highest BCUT2D eigenvalue weighted by Crippen LogP contribution is 2.40. The van der Waals surface area contributed by atoms with E-state index in [4.69, 9.17) is 14.7 Å². The number of pyridine rings is 1. The van der Waals surface area contributed by atoms with Gasteiger partial charge in [-0.3, -0.25) is 9.29 Å². The van der Waals surface area contributed by atoms with Crippen LogP contribution in [-0.4, -0.2) is 43.2 Å². The van der Waals surface area contributed by atoms with Gasteiger partial charge in [0.15, 0.2) is 5.75 Å². The number of rotatable bonds is 9. The lowest BCUT2D eigenvalue weighted by Gasteiger charge is -2.28. The van der Waals surface area contributed by atoms with Crippen LogP contribution in [0.5, 0.6) is 11.5 Å². The summed E-state index contributed by atoms with van der Waals surface area (Å²) in [7, 11) is -2.73. The molecule has 4 aromatic rings. The lowest BCUT2D eigenvalue weighted by atomic mass is 10.0. The zero-order valence-corrected chi connectivity index (χ0v) is 21.9. The SMILES string of the molecule is COc1ccc(S(=O)(=O)N(Cc2cccnc2)c2c(C)cc(-c3ccc(C=NO)cc3)cc2OC(=O)O)cc1. The Morgan fingerprint density at radius 1 is 1.05 bits per heavy atom. The topological polar surface area (TPSA) is 139 Å². The highest BCUT2D eigenvalue weighted by molar-refractivity contribution is 7.92. The minimum atomic E-state index is -4.21. The molecule has 1 heterocycles. The lowest BCUT2D eigenvalue weighted by molar-refractivity contribution is 0.144. The Balaban J connectivity index is 1.89. The third-order valence-corrected chi connectivity index (χ3v) is 7.62. The Labute approximate surface area is 225 Å². The number of aryl methyl sites for hydroxylation is 1. The van der Waals surface area contributed by atoms with E-state index in [1.165, 1.54) is 49.9 Å². The van der Waals surface area contributed by atoms with Gasteiger partial charge in [0.25, 0.3) is 10.0 Å². The summed E-state index contributed by atoms with van der Waals surface area (Å²) in [5.41, 5.74) is 3.09. The average molecular weight is 548 g/mol. The van der Waals surface area contributed by atoms with Crippen LogP contribution in [0, 0.1) is 6.92 Å². The van der Waals surface area contributed by atoms with Crippen molar-refractivity contribution >= 4 is 28.1 Å². The van der Waals surface area contributed by atoms with E-state index in [0.717, 1.165) is 4.31 Å². The molecule has 200 valence electrons. The Morgan fingerprint density at radius 2 is 1.77 bits per heavy atom. The monoisotopic (exact) mass is 547 g/mol. The third kappa shape index (κ3) is 6.16.